The van der Waals surface area contributed by atoms with Gasteiger partial charge in [0.15, 0.2) is 0 Å². The average Bonchev–Trinajstić information content (AvgIpc) is 2.90. The largest absolute Gasteiger partial charge is 0.332 e. The highest BCUT2D eigenvalue weighted by molar-refractivity contribution is 5.91. The fourth-order valence-corrected chi connectivity index (χ4v) is 3.13. The first-order valence-electron chi connectivity index (χ1n) is 7.71. The van der Waals surface area contributed by atoms with Gasteiger partial charge in [-0.25, -0.2) is 9.50 Å². The number of aromatic nitrogens is 4. The van der Waals surface area contributed by atoms with Crippen LogP contribution in [0.5, 0.6) is 0 Å². The number of rotatable bonds is 2. The second-order valence-corrected chi connectivity index (χ2v) is 6.20. The molecule has 1 aliphatic rings. The van der Waals surface area contributed by atoms with Crippen LogP contribution in [0.3, 0.4) is 0 Å². The number of hydrogen-bond acceptors (Lipinski definition) is 5. The maximum Gasteiger partial charge on any atom is 0.293 e. The maximum atomic E-state index is 12.7. The third kappa shape index (κ3) is 3.79. The number of fused-ring (bicyclic) bond motifs is 1. The molecule has 0 spiro atoms. The van der Waals surface area contributed by atoms with Gasteiger partial charge in [0, 0.05) is 30.5 Å². The van der Waals surface area contributed by atoms with Gasteiger partial charge in [0.1, 0.15) is 0 Å². The molecule has 134 valence electrons. The van der Waals surface area contributed by atoms with Crippen LogP contribution in [-0.2, 0) is 0 Å². The number of hydrogen-bond donors (Lipinski definition) is 1. The van der Waals surface area contributed by atoms with Crippen molar-refractivity contribution in [3.63, 3.8) is 0 Å². The van der Waals surface area contributed by atoms with Crippen LogP contribution >= 0.6 is 24.8 Å². The zero-order valence-electron chi connectivity index (χ0n) is 14.1. The van der Waals surface area contributed by atoms with Crippen LogP contribution in [0.4, 0.5) is 0 Å². The summed E-state index contributed by atoms with van der Waals surface area (Å²) in [6.45, 7) is 7.21. The quantitative estimate of drug-likeness (QED) is 0.864. The monoisotopic (exact) mass is 374 g/mol. The minimum absolute atomic E-state index is 0. The Labute approximate surface area is 153 Å². The van der Waals surface area contributed by atoms with Crippen LogP contribution in [0.25, 0.3) is 5.78 Å². The molecule has 0 aromatic carbocycles. The second-order valence-electron chi connectivity index (χ2n) is 6.20. The molecular weight excluding hydrogens is 351 g/mol. The third-order valence-electron chi connectivity index (χ3n) is 4.32. The van der Waals surface area contributed by atoms with Gasteiger partial charge in [0.05, 0.1) is 0 Å². The first-order chi connectivity index (χ1) is 10.5. The number of nitrogens with two attached hydrogens (primary N) is 1. The summed E-state index contributed by atoms with van der Waals surface area (Å²) >= 11 is 0. The van der Waals surface area contributed by atoms with Crippen LogP contribution in [0, 0.1) is 19.8 Å². The third-order valence-corrected chi connectivity index (χ3v) is 4.32. The SMILES string of the molecule is Cc1cc(C)n2nc(C(=O)N3CCC(C)CC3CN)nc2n1.Cl.Cl. The van der Waals surface area contributed by atoms with Gasteiger partial charge in [-0.3, -0.25) is 4.79 Å². The highest BCUT2D eigenvalue weighted by atomic mass is 35.5. The van der Waals surface area contributed by atoms with E-state index < -0.39 is 0 Å². The Bertz CT molecular complexity index is 719. The van der Waals surface area contributed by atoms with E-state index in [0.29, 0.717) is 24.8 Å². The van der Waals surface area contributed by atoms with Gasteiger partial charge >= 0.3 is 0 Å². The molecule has 0 aliphatic carbocycles. The molecule has 2 N–H and O–H groups in total. The summed E-state index contributed by atoms with van der Waals surface area (Å²) in [6, 6.07) is 1.99. The standard InChI is InChI=1S/C15H22N6O.2ClH/c1-9-4-5-20(12(6-9)8-16)14(22)13-18-15-17-10(2)7-11(3)21(15)19-13;;/h7,9,12H,4-6,8,16H2,1-3H3;2*1H. The molecule has 1 saturated heterocycles. The van der Waals surface area contributed by atoms with Crippen molar-refractivity contribution >= 4 is 36.5 Å². The summed E-state index contributed by atoms with van der Waals surface area (Å²) in [4.78, 5) is 23.2. The van der Waals surface area contributed by atoms with E-state index in [1.165, 1.54) is 0 Å². The fraction of sp³-hybridized carbons (Fsp3) is 0.600. The minimum atomic E-state index is -0.148. The van der Waals surface area contributed by atoms with E-state index in [1.807, 2.05) is 24.8 Å². The Kier molecular flexibility index (Phi) is 6.95. The van der Waals surface area contributed by atoms with Crippen LogP contribution in [0.15, 0.2) is 6.07 Å². The van der Waals surface area contributed by atoms with Gasteiger partial charge in [-0.05, 0) is 38.7 Å². The molecule has 0 radical (unpaired) electrons. The van der Waals surface area contributed by atoms with E-state index in [0.717, 1.165) is 24.2 Å². The molecule has 1 amide bonds. The van der Waals surface area contributed by atoms with Crippen molar-refractivity contribution in [3.05, 3.63) is 23.3 Å². The van der Waals surface area contributed by atoms with Crippen molar-refractivity contribution < 1.29 is 4.79 Å². The van der Waals surface area contributed by atoms with Gasteiger partial charge in [0.25, 0.3) is 11.7 Å². The fourth-order valence-electron chi connectivity index (χ4n) is 3.13. The van der Waals surface area contributed by atoms with Crippen molar-refractivity contribution in [3.8, 4) is 0 Å². The Hall–Kier alpha value is -1.44. The predicted molar refractivity (Wildman–Crippen MR) is 97.0 cm³/mol. The van der Waals surface area contributed by atoms with Crippen LogP contribution in [0.2, 0.25) is 0 Å². The van der Waals surface area contributed by atoms with Gasteiger partial charge in [-0.1, -0.05) is 6.92 Å². The highest BCUT2D eigenvalue weighted by Gasteiger charge is 2.31. The van der Waals surface area contributed by atoms with E-state index in [-0.39, 0.29) is 42.6 Å². The second kappa shape index (κ2) is 8.09. The lowest BCUT2D eigenvalue weighted by Gasteiger charge is -2.37. The van der Waals surface area contributed by atoms with Crippen LogP contribution < -0.4 is 5.73 Å². The Morgan fingerprint density at radius 2 is 2.04 bits per heavy atom. The van der Waals surface area contributed by atoms with Crippen molar-refractivity contribution in [1.82, 2.24) is 24.5 Å². The minimum Gasteiger partial charge on any atom is -0.332 e. The summed E-state index contributed by atoms with van der Waals surface area (Å²) in [6.07, 6.45) is 1.93. The van der Waals surface area contributed by atoms with Gasteiger partial charge in [-0.2, -0.15) is 4.98 Å². The van der Waals surface area contributed by atoms with Gasteiger partial charge in [0.2, 0.25) is 5.82 Å². The lowest BCUT2D eigenvalue weighted by atomic mass is 9.92. The van der Waals surface area contributed by atoms with Crippen molar-refractivity contribution in [2.75, 3.05) is 13.1 Å². The lowest BCUT2D eigenvalue weighted by Crippen LogP contribution is -2.49. The van der Waals surface area contributed by atoms with E-state index in [9.17, 15) is 4.79 Å². The number of aryl methyl sites for hydroxylation is 2. The molecule has 3 heterocycles. The Morgan fingerprint density at radius 1 is 1.33 bits per heavy atom. The first-order valence-corrected chi connectivity index (χ1v) is 7.71. The molecule has 2 unspecified atom stereocenters. The number of carbonyl (C=O) groups is 1. The summed E-state index contributed by atoms with van der Waals surface area (Å²) in [5, 5.41) is 4.33. The number of likely N-dealkylation sites (tertiary alicyclic amines) is 1. The summed E-state index contributed by atoms with van der Waals surface area (Å²) in [5.74, 6) is 1.12. The summed E-state index contributed by atoms with van der Waals surface area (Å²) in [5.41, 5.74) is 7.62. The van der Waals surface area contributed by atoms with E-state index in [4.69, 9.17) is 5.73 Å². The van der Waals surface area contributed by atoms with Crippen molar-refractivity contribution in [2.24, 2.45) is 11.7 Å². The summed E-state index contributed by atoms with van der Waals surface area (Å²) < 4.78 is 1.62. The zero-order valence-corrected chi connectivity index (χ0v) is 15.7. The highest BCUT2D eigenvalue weighted by Crippen LogP contribution is 2.23. The van der Waals surface area contributed by atoms with Gasteiger partial charge in [-0.15, -0.1) is 29.9 Å². The molecular formula is C15H24Cl2N6O. The molecule has 1 fully saturated rings. The van der Waals surface area contributed by atoms with Crippen molar-refractivity contribution in [1.29, 1.82) is 0 Å². The lowest BCUT2D eigenvalue weighted by molar-refractivity contribution is 0.0561. The Morgan fingerprint density at radius 3 is 2.71 bits per heavy atom. The van der Waals surface area contributed by atoms with Crippen molar-refractivity contribution in [2.45, 2.75) is 39.7 Å². The molecule has 3 rings (SSSR count). The molecule has 1 aliphatic heterocycles. The molecule has 2 aromatic rings. The number of halogens is 2. The summed E-state index contributed by atoms with van der Waals surface area (Å²) in [7, 11) is 0. The first kappa shape index (κ1) is 20.6. The topological polar surface area (TPSA) is 89.4 Å². The van der Waals surface area contributed by atoms with Crippen LogP contribution in [-0.4, -0.2) is 49.5 Å². The number of piperidine rings is 1. The molecule has 24 heavy (non-hydrogen) atoms. The normalized spacial score (nSPS) is 20.4. The number of carbonyl (C=O) groups excluding carboxylic acids is 1. The van der Waals surface area contributed by atoms with E-state index >= 15 is 0 Å². The molecule has 7 nitrogen and oxygen atoms in total. The molecule has 2 atom stereocenters. The molecule has 2 aromatic heterocycles. The maximum absolute atomic E-state index is 12.7. The number of nitrogens with zero attached hydrogens (tertiary/aromatic N) is 5. The zero-order chi connectivity index (χ0) is 15.9. The van der Waals surface area contributed by atoms with Crippen LogP contribution in [0.1, 0.15) is 41.8 Å². The molecule has 0 bridgehead atoms. The van der Waals surface area contributed by atoms with E-state index in [1.54, 1.807) is 4.52 Å². The van der Waals surface area contributed by atoms with E-state index in [2.05, 4.69) is 22.0 Å². The smallest absolute Gasteiger partial charge is 0.293 e. The molecule has 0 saturated carbocycles. The van der Waals surface area contributed by atoms with Gasteiger partial charge < -0.3 is 10.6 Å². The predicted octanol–water partition coefficient (Wildman–Crippen LogP) is 1.78. The number of amides is 1. The molecule has 9 heteroatoms. The Balaban J connectivity index is 0.00000144. The average molecular weight is 375 g/mol.